The van der Waals surface area contributed by atoms with Gasteiger partial charge in [0.05, 0.1) is 18.8 Å². The Labute approximate surface area is 83.1 Å². The summed E-state index contributed by atoms with van der Waals surface area (Å²) in [5.41, 5.74) is 0. The molecule has 2 heterocycles. The van der Waals surface area contributed by atoms with Crippen LogP contribution in [-0.2, 0) is 14.3 Å². The van der Waals surface area contributed by atoms with Gasteiger partial charge in [-0.3, -0.25) is 4.79 Å². The summed E-state index contributed by atoms with van der Waals surface area (Å²) in [6, 6.07) is -0.0264. The van der Waals surface area contributed by atoms with Crippen LogP contribution in [0.2, 0.25) is 0 Å². The van der Waals surface area contributed by atoms with E-state index in [1.807, 2.05) is 0 Å². The fourth-order valence-electron chi connectivity index (χ4n) is 1.72. The number of carbonyl (C=O) groups excluding carboxylic acids is 1. The quantitative estimate of drug-likeness (QED) is 0.628. The van der Waals surface area contributed by atoms with E-state index in [0.717, 1.165) is 32.5 Å². The summed E-state index contributed by atoms with van der Waals surface area (Å²) >= 11 is 0. The minimum absolute atomic E-state index is 0.0264. The summed E-state index contributed by atoms with van der Waals surface area (Å²) in [6.07, 6.45) is 1.97. The molecule has 2 aliphatic rings. The van der Waals surface area contributed by atoms with Crippen molar-refractivity contribution in [3.05, 3.63) is 0 Å². The SMILES string of the molecule is O=C1NCCC1NCC1CCOCO1. The molecule has 2 rings (SSSR count). The zero-order chi connectivity index (χ0) is 9.80. The predicted octanol–water partition coefficient (Wildman–Crippen LogP) is -0.772. The number of hydrogen-bond acceptors (Lipinski definition) is 4. The third-order valence-electron chi connectivity index (χ3n) is 2.61. The van der Waals surface area contributed by atoms with Crippen LogP contribution in [0.3, 0.4) is 0 Å². The number of amides is 1. The molecule has 2 fully saturated rings. The molecular formula is C9H16N2O3. The van der Waals surface area contributed by atoms with Crippen molar-refractivity contribution in [3.8, 4) is 0 Å². The molecule has 0 aromatic carbocycles. The summed E-state index contributed by atoms with van der Waals surface area (Å²) < 4.78 is 10.4. The van der Waals surface area contributed by atoms with Gasteiger partial charge in [-0.2, -0.15) is 0 Å². The van der Waals surface area contributed by atoms with Gasteiger partial charge in [-0.1, -0.05) is 0 Å². The molecule has 2 unspecified atom stereocenters. The lowest BCUT2D eigenvalue weighted by Gasteiger charge is -2.24. The van der Waals surface area contributed by atoms with Crippen LogP contribution < -0.4 is 10.6 Å². The number of rotatable bonds is 3. The van der Waals surface area contributed by atoms with Gasteiger partial charge in [0.15, 0.2) is 0 Å². The smallest absolute Gasteiger partial charge is 0.237 e. The Bertz CT molecular complexity index is 204. The minimum atomic E-state index is -0.0264. The van der Waals surface area contributed by atoms with Gasteiger partial charge in [-0.15, -0.1) is 0 Å². The molecule has 0 aliphatic carbocycles. The first-order valence-corrected chi connectivity index (χ1v) is 5.07. The minimum Gasteiger partial charge on any atom is -0.355 e. The number of nitrogens with one attached hydrogen (secondary N) is 2. The molecule has 80 valence electrons. The molecule has 2 aliphatic heterocycles. The van der Waals surface area contributed by atoms with Crippen molar-refractivity contribution in [1.82, 2.24) is 10.6 Å². The highest BCUT2D eigenvalue weighted by Gasteiger charge is 2.24. The third-order valence-corrected chi connectivity index (χ3v) is 2.61. The zero-order valence-corrected chi connectivity index (χ0v) is 8.12. The van der Waals surface area contributed by atoms with E-state index in [2.05, 4.69) is 10.6 Å². The Kier molecular flexibility index (Phi) is 3.34. The summed E-state index contributed by atoms with van der Waals surface area (Å²) in [5, 5.41) is 6.00. The molecule has 0 radical (unpaired) electrons. The predicted molar refractivity (Wildman–Crippen MR) is 49.7 cm³/mol. The first kappa shape index (κ1) is 9.89. The number of carbonyl (C=O) groups is 1. The molecule has 14 heavy (non-hydrogen) atoms. The zero-order valence-electron chi connectivity index (χ0n) is 8.12. The largest absolute Gasteiger partial charge is 0.355 e. The Morgan fingerprint density at radius 2 is 2.43 bits per heavy atom. The van der Waals surface area contributed by atoms with E-state index in [4.69, 9.17) is 9.47 Å². The van der Waals surface area contributed by atoms with Crippen LogP contribution in [0.5, 0.6) is 0 Å². The summed E-state index contributed by atoms with van der Waals surface area (Å²) in [4.78, 5) is 11.2. The highest BCUT2D eigenvalue weighted by molar-refractivity contribution is 5.83. The Balaban J connectivity index is 1.68. The maximum Gasteiger partial charge on any atom is 0.237 e. The second-order valence-electron chi connectivity index (χ2n) is 3.64. The van der Waals surface area contributed by atoms with Gasteiger partial charge >= 0.3 is 0 Å². The van der Waals surface area contributed by atoms with Gasteiger partial charge < -0.3 is 20.1 Å². The van der Waals surface area contributed by atoms with Gasteiger partial charge in [0.2, 0.25) is 5.91 Å². The Morgan fingerprint density at radius 1 is 1.50 bits per heavy atom. The number of hydrogen-bond donors (Lipinski definition) is 2. The third kappa shape index (κ3) is 2.43. The summed E-state index contributed by atoms with van der Waals surface area (Å²) in [5.74, 6) is 0.108. The van der Waals surface area contributed by atoms with Crippen LogP contribution in [0, 0.1) is 0 Å². The first-order valence-electron chi connectivity index (χ1n) is 5.07. The van der Waals surface area contributed by atoms with Crippen molar-refractivity contribution in [3.63, 3.8) is 0 Å². The van der Waals surface area contributed by atoms with Gasteiger partial charge in [0.1, 0.15) is 6.79 Å². The van der Waals surface area contributed by atoms with Crippen molar-refractivity contribution >= 4 is 5.91 Å². The van der Waals surface area contributed by atoms with Crippen LogP contribution in [0.25, 0.3) is 0 Å². The summed E-state index contributed by atoms with van der Waals surface area (Å²) in [7, 11) is 0. The monoisotopic (exact) mass is 200 g/mol. The molecule has 5 heteroatoms. The average molecular weight is 200 g/mol. The molecule has 2 saturated heterocycles. The molecule has 0 aromatic heterocycles. The van der Waals surface area contributed by atoms with Crippen molar-refractivity contribution in [2.45, 2.75) is 25.0 Å². The second kappa shape index (κ2) is 4.72. The van der Waals surface area contributed by atoms with Gasteiger partial charge in [0.25, 0.3) is 0 Å². The lowest BCUT2D eigenvalue weighted by Crippen LogP contribution is -2.42. The Hall–Kier alpha value is -0.650. The normalized spacial score (nSPS) is 33.0. The van der Waals surface area contributed by atoms with Crippen LogP contribution >= 0.6 is 0 Å². The molecule has 0 saturated carbocycles. The van der Waals surface area contributed by atoms with Crippen LogP contribution in [-0.4, -0.2) is 44.5 Å². The highest BCUT2D eigenvalue weighted by Crippen LogP contribution is 2.06. The standard InChI is InChI=1S/C9H16N2O3/c12-9-8(1-3-10-9)11-5-7-2-4-13-6-14-7/h7-8,11H,1-6H2,(H,10,12). The lowest BCUT2D eigenvalue weighted by atomic mass is 10.2. The fraction of sp³-hybridized carbons (Fsp3) is 0.889. The van der Waals surface area contributed by atoms with E-state index in [0.29, 0.717) is 6.79 Å². The fourth-order valence-corrected chi connectivity index (χ4v) is 1.72. The van der Waals surface area contributed by atoms with Crippen LogP contribution in [0.1, 0.15) is 12.8 Å². The van der Waals surface area contributed by atoms with E-state index in [9.17, 15) is 4.79 Å². The average Bonchev–Trinajstić information content (AvgIpc) is 2.63. The van der Waals surface area contributed by atoms with Crippen molar-refractivity contribution in [2.24, 2.45) is 0 Å². The van der Waals surface area contributed by atoms with Crippen molar-refractivity contribution < 1.29 is 14.3 Å². The molecule has 1 amide bonds. The summed E-state index contributed by atoms with van der Waals surface area (Å²) in [6.45, 7) is 2.65. The van der Waals surface area contributed by atoms with E-state index >= 15 is 0 Å². The molecule has 0 spiro atoms. The van der Waals surface area contributed by atoms with Gasteiger partial charge in [-0.05, 0) is 12.8 Å². The molecular weight excluding hydrogens is 184 g/mol. The molecule has 0 bridgehead atoms. The van der Waals surface area contributed by atoms with E-state index < -0.39 is 0 Å². The second-order valence-corrected chi connectivity index (χ2v) is 3.64. The van der Waals surface area contributed by atoms with E-state index in [1.54, 1.807) is 0 Å². The highest BCUT2D eigenvalue weighted by atomic mass is 16.7. The Morgan fingerprint density at radius 3 is 3.07 bits per heavy atom. The topological polar surface area (TPSA) is 59.6 Å². The number of ether oxygens (including phenoxy) is 2. The van der Waals surface area contributed by atoms with Gasteiger partial charge in [0, 0.05) is 13.1 Å². The lowest BCUT2D eigenvalue weighted by molar-refractivity contribution is -0.138. The first-order chi connectivity index (χ1) is 6.86. The molecule has 5 nitrogen and oxygen atoms in total. The van der Waals surface area contributed by atoms with Gasteiger partial charge in [-0.25, -0.2) is 0 Å². The van der Waals surface area contributed by atoms with E-state index in [1.165, 1.54) is 0 Å². The molecule has 2 atom stereocenters. The molecule has 2 N–H and O–H groups in total. The van der Waals surface area contributed by atoms with Crippen LogP contribution in [0.15, 0.2) is 0 Å². The van der Waals surface area contributed by atoms with Crippen LogP contribution in [0.4, 0.5) is 0 Å². The van der Waals surface area contributed by atoms with E-state index in [-0.39, 0.29) is 18.1 Å². The molecule has 0 aromatic rings. The van der Waals surface area contributed by atoms with Crippen molar-refractivity contribution in [1.29, 1.82) is 0 Å². The maximum absolute atomic E-state index is 11.2. The maximum atomic E-state index is 11.2. The van der Waals surface area contributed by atoms with Crippen molar-refractivity contribution in [2.75, 3.05) is 26.5 Å².